The van der Waals surface area contributed by atoms with Gasteiger partial charge in [0.25, 0.3) is 0 Å². The van der Waals surface area contributed by atoms with E-state index in [2.05, 4.69) is 13.0 Å². The van der Waals surface area contributed by atoms with Crippen molar-refractivity contribution in [2.24, 2.45) is 0 Å². The van der Waals surface area contributed by atoms with E-state index in [9.17, 15) is 4.79 Å². The summed E-state index contributed by atoms with van der Waals surface area (Å²) in [6.07, 6.45) is 0.844. The van der Waals surface area contributed by atoms with Gasteiger partial charge in [0, 0.05) is 16.5 Å². The summed E-state index contributed by atoms with van der Waals surface area (Å²) in [4.78, 5) is 10.8. The molecule has 1 heterocycles. The molecule has 0 aliphatic heterocycles. The quantitative estimate of drug-likeness (QED) is 0.623. The molecule has 0 atom stereocenters. The van der Waals surface area contributed by atoms with Crippen molar-refractivity contribution >= 4 is 17.3 Å². The molecule has 0 spiro atoms. The highest BCUT2D eigenvalue weighted by atomic mass is 16.3. The molecule has 0 aliphatic carbocycles. The molecule has 2 aromatic carbocycles. The van der Waals surface area contributed by atoms with Gasteiger partial charge in [0.2, 0.25) is 0 Å². The zero-order chi connectivity index (χ0) is 12.5. The predicted octanol–water partition coefficient (Wildman–Crippen LogP) is 4.22. The maximum absolute atomic E-state index is 10.8. The lowest BCUT2D eigenvalue weighted by Gasteiger charge is -1.96. The number of hydrogen-bond donors (Lipinski definition) is 0. The lowest BCUT2D eigenvalue weighted by atomic mass is 10.1. The Labute approximate surface area is 105 Å². The van der Waals surface area contributed by atoms with E-state index in [1.165, 1.54) is 5.56 Å². The van der Waals surface area contributed by atoms with Crippen molar-refractivity contribution in [3.63, 3.8) is 0 Å². The lowest BCUT2D eigenvalue weighted by Crippen LogP contribution is -1.80. The van der Waals surface area contributed by atoms with E-state index in [1.807, 2.05) is 36.4 Å². The first-order valence-electron chi connectivity index (χ1n) is 5.82. The maximum atomic E-state index is 10.8. The molecule has 3 rings (SSSR count). The van der Waals surface area contributed by atoms with Crippen molar-refractivity contribution in [3.8, 4) is 11.3 Å². The zero-order valence-corrected chi connectivity index (χ0v) is 10.0. The Morgan fingerprint density at radius 3 is 2.78 bits per heavy atom. The second-order valence-electron chi connectivity index (χ2n) is 4.40. The second kappa shape index (κ2) is 4.15. The first kappa shape index (κ1) is 10.8. The van der Waals surface area contributed by atoms with Gasteiger partial charge in [-0.05, 0) is 31.2 Å². The van der Waals surface area contributed by atoms with Crippen LogP contribution in [0.1, 0.15) is 15.9 Å². The number of carbonyl (C=O) groups excluding carboxylic acids is 1. The fraction of sp³-hybridized carbons (Fsp3) is 0.0625. The molecule has 0 unspecified atom stereocenters. The van der Waals surface area contributed by atoms with Crippen LogP contribution < -0.4 is 0 Å². The van der Waals surface area contributed by atoms with Crippen LogP contribution >= 0.6 is 0 Å². The molecular formula is C16H12O2. The molecule has 2 heteroatoms. The van der Waals surface area contributed by atoms with E-state index in [-0.39, 0.29) is 0 Å². The van der Waals surface area contributed by atoms with E-state index in [1.54, 1.807) is 6.07 Å². The number of rotatable bonds is 2. The number of hydrogen-bond acceptors (Lipinski definition) is 2. The molecule has 0 saturated carbocycles. The fourth-order valence-corrected chi connectivity index (χ4v) is 2.07. The van der Waals surface area contributed by atoms with Gasteiger partial charge in [0.1, 0.15) is 17.6 Å². The molecule has 0 aliphatic rings. The number of fused-ring (bicyclic) bond motifs is 1. The van der Waals surface area contributed by atoms with Crippen molar-refractivity contribution in [1.29, 1.82) is 0 Å². The normalized spacial score (nSPS) is 10.7. The Morgan fingerprint density at radius 2 is 1.94 bits per heavy atom. The summed E-state index contributed by atoms with van der Waals surface area (Å²) in [5.74, 6) is 0.791. The third kappa shape index (κ3) is 1.82. The molecule has 0 N–H and O–H groups in total. The van der Waals surface area contributed by atoms with Gasteiger partial charge in [-0.2, -0.15) is 0 Å². The molecule has 0 bridgehead atoms. The topological polar surface area (TPSA) is 30.2 Å². The number of aryl methyl sites for hydroxylation is 1. The van der Waals surface area contributed by atoms with Gasteiger partial charge in [0.15, 0.2) is 0 Å². The van der Waals surface area contributed by atoms with Crippen molar-refractivity contribution < 1.29 is 9.21 Å². The van der Waals surface area contributed by atoms with Gasteiger partial charge >= 0.3 is 0 Å². The van der Waals surface area contributed by atoms with E-state index < -0.39 is 0 Å². The van der Waals surface area contributed by atoms with Gasteiger partial charge in [-0.3, -0.25) is 4.79 Å². The van der Waals surface area contributed by atoms with Crippen LogP contribution in [0.25, 0.3) is 22.3 Å². The summed E-state index contributed by atoms with van der Waals surface area (Å²) in [6.45, 7) is 2.05. The van der Waals surface area contributed by atoms with Gasteiger partial charge < -0.3 is 4.42 Å². The minimum Gasteiger partial charge on any atom is -0.456 e. The van der Waals surface area contributed by atoms with Gasteiger partial charge in [-0.1, -0.05) is 29.8 Å². The lowest BCUT2D eigenvalue weighted by molar-refractivity contribution is 0.112. The minimum absolute atomic E-state index is 0.657. The molecule has 88 valence electrons. The molecular weight excluding hydrogens is 224 g/mol. The maximum Gasteiger partial charge on any atom is 0.150 e. The van der Waals surface area contributed by atoms with E-state index in [0.29, 0.717) is 5.56 Å². The van der Waals surface area contributed by atoms with Gasteiger partial charge in [-0.15, -0.1) is 0 Å². The van der Waals surface area contributed by atoms with Crippen LogP contribution in [-0.2, 0) is 0 Å². The first-order chi connectivity index (χ1) is 8.76. The summed E-state index contributed by atoms with van der Waals surface area (Å²) in [5, 5.41) is 1.08. The monoisotopic (exact) mass is 236 g/mol. The number of benzene rings is 2. The van der Waals surface area contributed by atoms with E-state index in [0.717, 1.165) is 28.6 Å². The molecule has 2 nitrogen and oxygen atoms in total. The van der Waals surface area contributed by atoms with Crippen molar-refractivity contribution in [2.75, 3.05) is 0 Å². The van der Waals surface area contributed by atoms with E-state index >= 15 is 0 Å². The van der Waals surface area contributed by atoms with Crippen LogP contribution in [0.5, 0.6) is 0 Å². The largest absolute Gasteiger partial charge is 0.456 e. The fourth-order valence-electron chi connectivity index (χ4n) is 2.07. The number of aldehydes is 1. The summed E-state index contributed by atoms with van der Waals surface area (Å²) in [6, 6.07) is 15.5. The average molecular weight is 236 g/mol. The zero-order valence-electron chi connectivity index (χ0n) is 10.0. The Morgan fingerprint density at radius 1 is 1.06 bits per heavy atom. The van der Waals surface area contributed by atoms with Crippen LogP contribution in [0, 0.1) is 6.92 Å². The standard InChI is InChI=1S/C16H12O2/c1-11-5-6-15-14(7-11)9-16(18-15)13-4-2-3-12(8-13)10-17/h2-10H,1H3. The van der Waals surface area contributed by atoms with Gasteiger partial charge in [0.05, 0.1) is 0 Å². The van der Waals surface area contributed by atoms with Crippen molar-refractivity contribution in [1.82, 2.24) is 0 Å². The van der Waals surface area contributed by atoms with Crippen LogP contribution in [0.4, 0.5) is 0 Å². The Bertz CT molecular complexity index is 723. The number of furan rings is 1. The average Bonchev–Trinajstić information content (AvgIpc) is 2.81. The highest BCUT2D eigenvalue weighted by Gasteiger charge is 2.06. The third-order valence-corrected chi connectivity index (χ3v) is 2.98. The van der Waals surface area contributed by atoms with Crippen LogP contribution in [0.3, 0.4) is 0 Å². The first-order valence-corrected chi connectivity index (χ1v) is 5.82. The molecule has 0 amide bonds. The highest BCUT2D eigenvalue weighted by molar-refractivity contribution is 5.84. The van der Waals surface area contributed by atoms with Crippen LogP contribution in [0.2, 0.25) is 0 Å². The van der Waals surface area contributed by atoms with Gasteiger partial charge in [-0.25, -0.2) is 0 Å². The Kier molecular flexibility index (Phi) is 2.49. The summed E-state index contributed by atoms with van der Waals surface area (Å²) >= 11 is 0. The smallest absolute Gasteiger partial charge is 0.150 e. The Hall–Kier alpha value is -2.35. The SMILES string of the molecule is Cc1ccc2oc(-c3cccc(C=O)c3)cc2c1. The minimum atomic E-state index is 0.657. The molecule has 18 heavy (non-hydrogen) atoms. The van der Waals surface area contributed by atoms with Crippen LogP contribution in [0.15, 0.2) is 52.9 Å². The van der Waals surface area contributed by atoms with Crippen molar-refractivity contribution in [2.45, 2.75) is 6.92 Å². The third-order valence-electron chi connectivity index (χ3n) is 2.98. The Balaban J connectivity index is 2.15. The summed E-state index contributed by atoms with van der Waals surface area (Å²) in [7, 11) is 0. The molecule has 0 fully saturated rings. The predicted molar refractivity (Wildman–Crippen MR) is 71.8 cm³/mol. The highest BCUT2D eigenvalue weighted by Crippen LogP contribution is 2.28. The molecule has 0 radical (unpaired) electrons. The van der Waals surface area contributed by atoms with E-state index in [4.69, 9.17) is 4.42 Å². The van der Waals surface area contributed by atoms with Crippen LogP contribution in [-0.4, -0.2) is 6.29 Å². The summed E-state index contributed by atoms with van der Waals surface area (Å²) < 4.78 is 5.79. The number of carbonyl (C=O) groups is 1. The molecule has 0 saturated heterocycles. The second-order valence-corrected chi connectivity index (χ2v) is 4.40. The molecule has 1 aromatic heterocycles. The van der Waals surface area contributed by atoms with Crippen molar-refractivity contribution in [3.05, 3.63) is 59.7 Å². The summed E-state index contributed by atoms with van der Waals surface area (Å²) in [5.41, 5.74) is 3.65. The molecule has 3 aromatic rings.